The van der Waals surface area contributed by atoms with Crippen LogP contribution in [0.2, 0.25) is 0 Å². The highest BCUT2D eigenvalue weighted by molar-refractivity contribution is 5.96. The second-order valence-electron chi connectivity index (χ2n) is 4.04. The van der Waals surface area contributed by atoms with Gasteiger partial charge in [-0.25, -0.2) is 0 Å². The van der Waals surface area contributed by atoms with E-state index in [0.717, 1.165) is 10.9 Å². The van der Waals surface area contributed by atoms with Crippen molar-refractivity contribution < 1.29 is 9.53 Å². The third kappa shape index (κ3) is 1.56. The first-order chi connectivity index (χ1) is 7.65. The summed E-state index contributed by atoms with van der Waals surface area (Å²) >= 11 is 0. The molecular formula is C14H14O2. The van der Waals surface area contributed by atoms with Crippen LogP contribution in [0.1, 0.15) is 16.7 Å². The van der Waals surface area contributed by atoms with Gasteiger partial charge >= 0.3 is 0 Å². The Morgan fingerprint density at radius 1 is 0.875 bits per heavy atom. The number of rotatable bonds is 2. The van der Waals surface area contributed by atoms with Crippen LogP contribution in [-0.4, -0.2) is 6.47 Å². The van der Waals surface area contributed by atoms with Crippen molar-refractivity contribution in [2.45, 2.75) is 20.8 Å². The van der Waals surface area contributed by atoms with Crippen LogP contribution in [0.4, 0.5) is 0 Å². The van der Waals surface area contributed by atoms with E-state index in [0.29, 0.717) is 12.2 Å². The number of carbonyl (C=O) groups excluding carboxylic acids is 1. The summed E-state index contributed by atoms with van der Waals surface area (Å²) in [5.41, 5.74) is 3.53. The monoisotopic (exact) mass is 214 g/mol. The molecular weight excluding hydrogens is 200 g/mol. The van der Waals surface area contributed by atoms with Crippen LogP contribution < -0.4 is 4.74 Å². The number of fused-ring (bicyclic) bond motifs is 1. The number of aryl methyl sites for hydroxylation is 3. The smallest absolute Gasteiger partial charge is 0.298 e. The van der Waals surface area contributed by atoms with Gasteiger partial charge in [-0.15, -0.1) is 0 Å². The minimum Gasteiger partial charge on any atom is -0.428 e. The number of hydrogen-bond acceptors (Lipinski definition) is 2. The first kappa shape index (κ1) is 10.7. The fraction of sp³-hybridized carbons (Fsp3) is 0.214. The van der Waals surface area contributed by atoms with Crippen molar-refractivity contribution in [3.05, 3.63) is 41.0 Å². The highest BCUT2D eigenvalue weighted by Crippen LogP contribution is 2.33. The van der Waals surface area contributed by atoms with E-state index in [9.17, 15) is 4.79 Å². The molecule has 2 aromatic carbocycles. The number of hydrogen-bond donors (Lipinski definition) is 0. The molecule has 0 aromatic heterocycles. The van der Waals surface area contributed by atoms with Crippen molar-refractivity contribution in [3.63, 3.8) is 0 Å². The van der Waals surface area contributed by atoms with Gasteiger partial charge in [-0.1, -0.05) is 18.2 Å². The predicted molar refractivity (Wildman–Crippen MR) is 64.9 cm³/mol. The zero-order valence-electron chi connectivity index (χ0n) is 9.70. The van der Waals surface area contributed by atoms with Gasteiger partial charge in [0.2, 0.25) is 0 Å². The molecule has 0 saturated heterocycles. The molecule has 0 aliphatic carbocycles. The van der Waals surface area contributed by atoms with Gasteiger partial charge < -0.3 is 4.74 Å². The molecule has 0 N–H and O–H groups in total. The van der Waals surface area contributed by atoms with Crippen molar-refractivity contribution >= 4 is 17.2 Å². The zero-order chi connectivity index (χ0) is 11.7. The lowest BCUT2D eigenvalue weighted by Gasteiger charge is -2.11. The van der Waals surface area contributed by atoms with Crippen LogP contribution in [0.25, 0.3) is 10.8 Å². The third-order valence-electron chi connectivity index (χ3n) is 2.92. The van der Waals surface area contributed by atoms with E-state index in [2.05, 4.69) is 26.0 Å². The third-order valence-corrected chi connectivity index (χ3v) is 2.92. The van der Waals surface area contributed by atoms with E-state index < -0.39 is 0 Å². The molecule has 0 fully saturated rings. The summed E-state index contributed by atoms with van der Waals surface area (Å²) in [5, 5.41) is 2.21. The minimum atomic E-state index is 0.478. The van der Waals surface area contributed by atoms with E-state index >= 15 is 0 Å². The molecule has 0 aliphatic rings. The topological polar surface area (TPSA) is 26.3 Å². The molecule has 0 radical (unpaired) electrons. The maximum atomic E-state index is 10.5. The van der Waals surface area contributed by atoms with E-state index in [4.69, 9.17) is 4.74 Å². The Hall–Kier alpha value is -1.83. The van der Waals surface area contributed by atoms with Gasteiger partial charge in [0.15, 0.2) is 0 Å². The van der Waals surface area contributed by atoms with Crippen molar-refractivity contribution in [2.75, 3.05) is 0 Å². The molecule has 2 aromatic rings. The summed E-state index contributed by atoms with van der Waals surface area (Å²) in [5.74, 6) is 0.636. The highest BCUT2D eigenvalue weighted by Gasteiger charge is 2.09. The highest BCUT2D eigenvalue weighted by atomic mass is 16.5. The molecule has 2 heteroatoms. The molecule has 0 atom stereocenters. The van der Waals surface area contributed by atoms with Crippen LogP contribution in [0.3, 0.4) is 0 Å². The second-order valence-corrected chi connectivity index (χ2v) is 4.04. The molecule has 0 heterocycles. The Kier molecular flexibility index (Phi) is 2.65. The van der Waals surface area contributed by atoms with Crippen molar-refractivity contribution in [1.29, 1.82) is 0 Å². The molecule has 16 heavy (non-hydrogen) atoms. The fourth-order valence-corrected chi connectivity index (χ4v) is 2.15. The van der Waals surface area contributed by atoms with Crippen molar-refractivity contribution in [2.24, 2.45) is 0 Å². The standard InChI is InChI=1S/C14H14O2/c1-9-4-5-11(3)14-12(16-8-15)7-6-10(2)13(9)14/h4-8H,1-3H3. The molecule has 2 nitrogen and oxygen atoms in total. The van der Waals surface area contributed by atoms with Gasteiger partial charge in [0.1, 0.15) is 5.75 Å². The van der Waals surface area contributed by atoms with Crippen molar-refractivity contribution in [1.82, 2.24) is 0 Å². The van der Waals surface area contributed by atoms with Crippen LogP contribution in [0.15, 0.2) is 24.3 Å². The molecule has 2 rings (SSSR count). The molecule has 0 saturated carbocycles. The number of benzene rings is 2. The summed E-state index contributed by atoms with van der Waals surface area (Å²) in [4.78, 5) is 10.5. The van der Waals surface area contributed by atoms with Crippen LogP contribution in [-0.2, 0) is 4.79 Å². The van der Waals surface area contributed by atoms with Crippen LogP contribution >= 0.6 is 0 Å². The molecule has 0 aliphatic heterocycles. The van der Waals surface area contributed by atoms with Crippen LogP contribution in [0, 0.1) is 20.8 Å². The molecule has 0 bridgehead atoms. The molecule has 82 valence electrons. The Bertz CT molecular complexity index is 548. The Morgan fingerprint density at radius 3 is 1.94 bits per heavy atom. The summed E-state index contributed by atoms with van der Waals surface area (Å²) in [6, 6.07) is 7.97. The van der Waals surface area contributed by atoms with Crippen molar-refractivity contribution in [3.8, 4) is 5.75 Å². The SMILES string of the molecule is Cc1ccc(C)c2c(OC=O)ccc(C)c12. The van der Waals surface area contributed by atoms with E-state index in [-0.39, 0.29) is 0 Å². The van der Waals surface area contributed by atoms with Gasteiger partial charge in [-0.05, 0) is 48.9 Å². The maximum absolute atomic E-state index is 10.5. The van der Waals surface area contributed by atoms with Gasteiger partial charge in [0, 0.05) is 5.39 Å². The summed E-state index contributed by atoms with van der Waals surface area (Å²) < 4.78 is 5.03. The van der Waals surface area contributed by atoms with Crippen LogP contribution in [0.5, 0.6) is 5.75 Å². The average Bonchev–Trinajstić information content (AvgIpc) is 2.26. The lowest BCUT2D eigenvalue weighted by atomic mass is 9.96. The van der Waals surface area contributed by atoms with E-state index in [1.54, 1.807) is 0 Å². The maximum Gasteiger partial charge on any atom is 0.298 e. The molecule has 0 spiro atoms. The lowest BCUT2D eigenvalue weighted by molar-refractivity contribution is -0.120. The fourth-order valence-electron chi connectivity index (χ4n) is 2.15. The zero-order valence-corrected chi connectivity index (χ0v) is 9.70. The second kappa shape index (κ2) is 3.97. The molecule has 0 amide bonds. The quantitative estimate of drug-likeness (QED) is 0.717. The largest absolute Gasteiger partial charge is 0.428 e. The normalized spacial score (nSPS) is 10.4. The van der Waals surface area contributed by atoms with Gasteiger partial charge in [-0.2, -0.15) is 0 Å². The Labute approximate surface area is 94.8 Å². The number of ether oxygens (including phenoxy) is 1. The Balaban J connectivity index is 2.91. The first-order valence-corrected chi connectivity index (χ1v) is 5.25. The predicted octanol–water partition coefficient (Wildman–Crippen LogP) is 3.30. The van der Waals surface area contributed by atoms with E-state index in [1.165, 1.54) is 16.5 Å². The first-order valence-electron chi connectivity index (χ1n) is 5.25. The lowest BCUT2D eigenvalue weighted by Crippen LogP contribution is -1.94. The average molecular weight is 214 g/mol. The number of carbonyl (C=O) groups is 1. The van der Waals surface area contributed by atoms with Gasteiger partial charge in [-0.3, -0.25) is 4.79 Å². The van der Waals surface area contributed by atoms with E-state index in [1.807, 2.05) is 19.1 Å². The van der Waals surface area contributed by atoms with Gasteiger partial charge in [0.05, 0.1) is 0 Å². The summed E-state index contributed by atoms with van der Waals surface area (Å²) in [7, 11) is 0. The summed E-state index contributed by atoms with van der Waals surface area (Å²) in [6.07, 6.45) is 0. The Morgan fingerprint density at radius 2 is 1.38 bits per heavy atom. The molecule has 0 unspecified atom stereocenters. The summed E-state index contributed by atoms with van der Waals surface area (Å²) in [6.45, 7) is 6.64. The minimum absolute atomic E-state index is 0.478. The van der Waals surface area contributed by atoms with Gasteiger partial charge in [0.25, 0.3) is 6.47 Å².